The first kappa shape index (κ1) is 25.8. The van der Waals surface area contributed by atoms with E-state index < -0.39 is 0 Å². The predicted molar refractivity (Wildman–Crippen MR) is 154 cm³/mol. The summed E-state index contributed by atoms with van der Waals surface area (Å²) in [6.07, 6.45) is 0. The van der Waals surface area contributed by atoms with Crippen LogP contribution in [-0.4, -0.2) is 44.4 Å². The lowest BCUT2D eigenvalue weighted by Crippen LogP contribution is -2.29. The van der Waals surface area contributed by atoms with E-state index in [9.17, 15) is 4.79 Å². The maximum Gasteiger partial charge on any atom is 0.251 e. The molecule has 1 aliphatic heterocycles. The van der Waals surface area contributed by atoms with Gasteiger partial charge in [-0.25, -0.2) is 4.58 Å². The Morgan fingerprint density at radius 3 is 2.39 bits per heavy atom. The molecule has 2 aromatic rings. The minimum Gasteiger partial charge on any atom is -0.456 e. The van der Waals surface area contributed by atoms with Crippen LogP contribution in [0.5, 0.6) is 0 Å². The van der Waals surface area contributed by atoms with Crippen molar-refractivity contribution in [1.29, 1.82) is 0 Å². The van der Waals surface area contributed by atoms with Crippen molar-refractivity contribution in [3.8, 4) is 22.5 Å². The molecule has 2 aliphatic rings. The molecule has 0 saturated heterocycles. The van der Waals surface area contributed by atoms with Crippen molar-refractivity contribution in [2.75, 3.05) is 43.4 Å². The number of rotatable bonds is 9. The molecule has 0 unspecified atom stereocenters. The number of nitrogens with one attached hydrogen (secondary N) is 1. The standard InChI is InChI=1S/C30H35N3O2S/c1-5-32(6-2)21-13-15-25-27(19-21)35-28-20-22(33(7-3)8-4)14-16-26(28)29(25)23-11-9-10-12-24(23)30(34)31-17-18-36/h9-16,19-20H,5-8,17-18H2,1-4H3,(H-,31,34,36)/p+1. The minimum absolute atomic E-state index is 0.0961. The van der Waals surface area contributed by atoms with Crippen LogP contribution in [-0.2, 0) is 0 Å². The highest BCUT2D eigenvalue weighted by Gasteiger charge is 2.22. The third-order valence-electron chi connectivity index (χ3n) is 6.78. The Kier molecular flexibility index (Phi) is 8.36. The topological polar surface area (TPSA) is 48.5 Å². The van der Waals surface area contributed by atoms with Gasteiger partial charge >= 0.3 is 0 Å². The molecule has 4 rings (SSSR count). The van der Waals surface area contributed by atoms with E-state index in [1.54, 1.807) is 0 Å². The van der Waals surface area contributed by atoms with Gasteiger partial charge < -0.3 is 14.6 Å². The number of carbonyl (C=O) groups excluding carboxylic acids is 1. The fourth-order valence-corrected chi connectivity index (χ4v) is 5.00. The van der Waals surface area contributed by atoms with E-state index >= 15 is 0 Å². The molecule has 0 bridgehead atoms. The first-order valence-corrected chi connectivity index (χ1v) is 13.5. The van der Waals surface area contributed by atoms with E-state index in [-0.39, 0.29) is 5.91 Å². The zero-order valence-corrected chi connectivity index (χ0v) is 22.6. The third kappa shape index (κ3) is 5.00. The third-order valence-corrected chi connectivity index (χ3v) is 7.01. The number of thiol groups is 1. The Bertz CT molecular complexity index is 1400. The Morgan fingerprint density at radius 2 is 1.69 bits per heavy atom. The second-order valence-electron chi connectivity index (χ2n) is 8.71. The molecule has 1 heterocycles. The Hall–Kier alpha value is -3.25. The largest absolute Gasteiger partial charge is 0.456 e. The smallest absolute Gasteiger partial charge is 0.251 e. The molecule has 0 radical (unpaired) electrons. The van der Waals surface area contributed by atoms with E-state index in [1.807, 2.05) is 24.3 Å². The number of amides is 1. The SMILES string of the molecule is CCN(CC)c1ccc2c(-c3ccccc3C(=O)NCCS)c3ccc(=[N+](CC)CC)cc-3oc2c1. The van der Waals surface area contributed by atoms with E-state index in [0.29, 0.717) is 17.9 Å². The molecular formula is C30H36N3O2S+. The van der Waals surface area contributed by atoms with Crippen LogP contribution in [0.25, 0.3) is 33.4 Å². The van der Waals surface area contributed by atoms with Crippen LogP contribution in [0.15, 0.2) is 65.1 Å². The van der Waals surface area contributed by atoms with E-state index in [1.165, 1.54) is 0 Å². The van der Waals surface area contributed by atoms with Crippen molar-refractivity contribution in [3.63, 3.8) is 0 Å². The van der Waals surface area contributed by atoms with Crippen LogP contribution in [0, 0.1) is 0 Å². The van der Waals surface area contributed by atoms with Gasteiger partial charge in [-0.1, -0.05) is 18.2 Å². The number of fused-ring (bicyclic) bond motifs is 2. The van der Waals surface area contributed by atoms with Crippen molar-refractivity contribution in [2.24, 2.45) is 0 Å². The van der Waals surface area contributed by atoms with E-state index in [2.05, 4.69) is 91.5 Å². The number of hydrogen-bond acceptors (Lipinski definition) is 4. The molecule has 36 heavy (non-hydrogen) atoms. The molecular weight excluding hydrogens is 466 g/mol. The number of hydrogen-bond donors (Lipinski definition) is 2. The quantitative estimate of drug-likeness (QED) is 0.180. The summed E-state index contributed by atoms with van der Waals surface area (Å²) < 4.78 is 8.88. The molecule has 1 N–H and O–H groups in total. The molecule has 0 fully saturated rings. The van der Waals surface area contributed by atoms with E-state index in [0.717, 1.165) is 70.6 Å². The summed E-state index contributed by atoms with van der Waals surface area (Å²) >= 11 is 4.25. The van der Waals surface area contributed by atoms with Gasteiger partial charge in [-0.2, -0.15) is 12.6 Å². The summed E-state index contributed by atoms with van der Waals surface area (Å²) in [6, 6.07) is 20.6. The summed E-state index contributed by atoms with van der Waals surface area (Å²) in [6.45, 7) is 12.8. The van der Waals surface area contributed by atoms with Gasteiger partial charge in [0.1, 0.15) is 24.4 Å². The van der Waals surface area contributed by atoms with Crippen molar-refractivity contribution in [2.45, 2.75) is 27.7 Å². The molecule has 0 aromatic heterocycles. The molecule has 0 spiro atoms. The summed E-state index contributed by atoms with van der Waals surface area (Å²) in [7, 11) is 0. The number of benzene rings is 3. The van der Waals surface area contributed by atoms with Crippen molar-refractivity contribution in [1.82, 2.24) is 9.89 Å². The van der Waals surface area contributed by atoms with Gasteiger partial charge in [0.2, 0.25) is 5.36 Å². The highest BCUT2D eigenvalue weighted by Crippen LogP contribution is 2.42. The molecule has 1 amide bonds. The van der Waals surface area contributed by atoms with Crippen LogP contribution >= 0.6 is 12.6 Å². The summed E-state index contributed by atoms with van der Waals surface area (Å²) in [5.74, 6) is 1.30. The molecule has 188 valence electrons. The first-order valence-electron chi connectivity index (χ1n) is 12.9. The highest BCUT2D eigenvalue weighted by molar-refractivity contribution is 7.80. The average Bonchev–Trinajstić information content (AvgIpc) is 2.91. The van der Waals surface area contributed by atoms with Gasteiger partial charge in [0.25, 0.3) is 5.91 Å². The normalized spacial score (nSPS) is 11.1. The maximum atomic E-state index is 13.1. The Labute approximate surface area is 219 Å². The molecule has 0 saturated carbocycles. The van der Waals surface area contributed by atoms with Crippen molar-refractivity contribution < 1.29 is 9.21 Å². The summed E-state index contributed by atoms with van der Waals surface area (Å²) in [5.41, 5.74) is 5.48. The average molecular weight is 503 g/mol. The van der Waals surface area contributed by atoms with Gasteiger partial charge in [0.15, 0.2) is 0 Å². The lowest BCUT2D eigenvalue weighted by atomic mass is 9.90. The molecule has 5 nitrogen and oxygen atoms in total. The molecule has 0 atom stereocenters. The minimum atomic E-state index is -0.0961. The van der Waals surface area contributed by atoms with E-state index in [4.69, 9.17) is 4.42 Å². The van der Waals surface area contributed by atoms with Crippen LogP contribution in [0.2, 0.25) is 0 Å². The Morgan fingerprint density at radius 1 is 0.944 bits per heavy atom. The van der Waals surface area contributed by atoms with Gasteiger partial charge in [0.05, 0.1) is 6.07 Å². The van der Waals surface area contributed by atoms with Gasteiger partial charge in [-0.3, -0.25) is 4.79 Å². The fourth-order valence-electron chi connectivity index (χ4n) is 4.89. The first-order chi connectivity index (χ1) is 17.6. The maximum absolute atomic E-state index is 13.1. The van der Waals surface area contributed by atoms with Crippen LogP contribution in [0.3, 0.4) is 0 Å². The molecule has 1 aliphatic carbocycles. The number of anilines is 1. The van der Waals surface area contributed by atoms with Crippen molar-refractivity contribution in [3.05, 3.63) is 71.6 Å². The van der Waals surface area contributed by atoms with Crippen molar-refractivity contribution >= 4 is 35.2 Å². The van der Waals surface area contributed by atoms with Gasteiger partial charge in [-0.05, 0) is 57.5 Å². The summed E-state index contributed by atoms with van der Waals surface area (Å²) in [5, 5.41) is 5.10. The Balaban J connectivity index is 2.07. The van der Waals surface area contributed by atoms with Crippen LogP contribution in [0.1, 0.15) is 38.1 Å². The second kappa shape index (κ2) is 11.7. The second-order valence-corrected chi connectivity index (χ2v) is 9.15. The molecule has 2 aromatic carbocycles. The molecule has 6 heteroatoms. The zero-order valence-electron chi connectivity index (χ0n) is 21.7. The lowest BCUT2D eigenvalue weighted by Gasteiger charge is -2.22. The van der Waals surface area contributed by atoms with Gasteiger partial charge in [-0.15, -0.1) is 0 Å². The van der Waals surface area contributed by atoms with Crippen LogP contribution in [0.4, 0.5) is 5.69 Å². The lowest BCUT2D eigenvalue weighted by molar-refractivity contribution is 0.0957. The number of nitrogens with zero attached hydrogens (tertiary/aromatic N) is 2. The zero-order chi connectivity index (χ0) is 25.7. The van der Waals surface area contributed by atoms with Crippen LogP contribution < -0.4 is 20.1 Å². The summed E-state index contributed by atoms with van der Waals surface area (Å²) in [4.78, 5) is 15.4. The fraction of sp³-hybridized carbons (Fsp3) is 0.333. The predicted octanol–water partition coefficient (Wildman–Crippen LogP) is 5.52. The number of carbonyl (C=O) groups is 1. The monoisotopic (exact) mass is 502 g/mol. The highest BCUT2D eigenvalue weighted by atomic mass is 32.1. The van der Waals surface area contributed by atoms with Gasteiger partial charge in [0, 0.05) is 65.3 Å².